The number of amides is 1. The second kappa shape index (κ2) is 9.04. The molecule has 1 N–H and O–H groups in total. The molecule has 1 saturated heterocycles. The summed E-state index contributed by atoms with van der Waals surface area (Å²) in [4.78, 5) is 14.4. The smallest absolute Gasteiger partial charge is 0.265 e. The van der Waals surface area contributed by atoms with E-state index in [4.69, 9.17) is 0 Å². The zero-order valence-electron chi connectivity index (χ0n) is 16.9. The van der Waals surface area contributed by atoms with Crippen LogP contribution in [0.25, 0.3) is 10.9 Å². The number of para-hydroxylation sites is 1. The van der Waals surface area contributed by atoms with Crippen LogP contribution in [0, 0.1) is 5.92 Å². The Morgan fingerprint density at radius 1 is 1.28 bits per heavy atom. The Morgan fingerprint density at radius 2 is 2.00 bits per heavy atom. The average molecular weight is 421 g/mol. The highest BCUT2D eigenvalue weighted by molar-refractivity contribution is 7.91. The molecule has 3 rings (SSSR count). The first-order valence-corrected chi connectivity index (χ1v) is 11.8. The molecule has 0 aliphatic carbocycles. The van der Waals surface area contributed by atoms with Crippen molar-refractivity contribution >= 4 is 32.3 Å². The zero-order valence-corrected chi connectivity index (χ0v) is 17.7. The van der Waals surface area contributed by atoms with Crippen molar-refractivity contribution in [3.8, 4) is 5.88 Å². The van der Waals surface area contributed by atoms with E-state index in [9.17, 15) is 18.3 Å². The molecule has 0 saturated carbocycles. The third-order valence-corrected chi connectivity index (χ3v) is 7.34. The number of aromatic hydroxyl groups is 1. The second-order valence-corrected chi connectivity index (χ2v) is 9.66. The second-order valence-electron chi connectivity index (χ2n) is 7.43. The van der Waals surface area contributed by atoms with Crippen LogP contribution in [0.4, 0.5) is 5.69 Å². The number of hydrogen-bond acceptors (Lipinski definition) is 6. The summed E-state index contributed by atoms with van der Waals surface area (Å²) >= 11 is 0. The molecule has 158 valence electrons. The molecule has 1 fully saturated rings. The number of carbonyl (C=O) groups excluding carboxylic acids is 1. The van der Waals surface area contributed by atoms with E-state index in [2.05, 4.69) is 29.0 Å². The van der Waals surface area contributed by atoms with Gasteiger partial charge in [0.05, 0.1) is 17.0 Å². The van der Waals surface area contributed by atoms with Gasteiger partial charge in [-0.2, -0.15) is 0 Å². The van der Waals surface area contributed by atoms with Gasteiger partial charge in [-0.1, -0.05) is 32.0 Å². The van der Waals surface area contributed by atoms with E-state index in [1.165, 1.54) is 0 Å². The topological polar surface area (TPSA) is 104 Å². The van der Waals surface area contributed by atoms with E-state index in [0.717, 1.165) is 30.5 Å². The van der Waals surface area contributed by atoms with Crippen molar-refractivity contribution in [2.45, 2.75) is 33.2 Å². The molecule has 1 aromatic heterocycles. The molecule has 29 heavy (non-hydrogen) atoms. The molecule has 2 aromatic rings. The third-order valence-electron chi connectivity index (χ3n) is 5.50. The fraction of sp³-hybridized carbons (Fsp3) is 0.550. The summed E-state index contributed by atoms with van der Waals surface area (Å²) in [5.41, 5.74) is 1.10. The van der Waals surface area contributed by atoms with Gasteiger partial charge in [0.1, 0.15) is 0 Å². The quantitative estimate of drug-likeness (QED) is 0.661. The van der Waals surface area contributed by atoms with E-state index < -0.39 is 15.7 Å². The summed E-state index contributed by atoms with van der Waals surface area (Å²) in [6, 6.07) is 7.48. The maximum Gasteiger partial charge on any atom is 0.265 e. The van der Waals surface area contributed by atoms with Crippen LogP contribution in [0.3, 0.4) is 0 Å². The van der Waals surface area contributed by atoms with Crippen LogP contribution < -0.4 is 0 Å². The van der Waals surface area contributed by atoms with Crippen LogP contribution in [0.1, 0.15) is 26.7 Å². The van der Waals surface area contributed by atoms with Crippen molar-refractivity contribution in [2.24, 2.45) is 16.1 Å². The molecule has 2 heterocycles. The molecule has 1 atom stereocenters. The van der Waals surface area contributed by atoms with Gasteiger partial charge in [-0.15, -0.1) is 10.2 Å². The van der Waals surface area contributed by atoms with Crippen LogP contribution in [-0.4, -0.2) is 60.0 Å². The zero-order chi connectivity index (χ0) is 21.0. The Hall–Kier alpha value is -2.26. The summed E-state index contributed by atoms with van der Waals surface area (Å²) in [5.74, 6) is -0.520. The SMILES string of the molecule is CCN(CC)CCn1c(O)c(N=NC(=O)C[C@H]2CCS(=O)(=O)C2)c2ccccc21. The maximum absolute atomic E-state index is 12.2. The van der Waals surface area contributed by atoms with Crippen LogP contribution in [0.5, 0.6) is 5.88 Å². The molecule has 0 unspecified atom stereocenters. The molecule has 0 bridgehead atoms. The number of hydrogen-bond donors (Lipinski definition) is 1. The highest BCUT2D eigenvalue weighted by Crippen LogP contribution is 2.38. The predicted molar refractivity (Wildman–Crippen MR) is 112 cm³/mol. The first-order valence-electron chi connectivity index (χ1n) is 10.0. The first-order chi connectivity index (χ1) is 13.8. The van der Waals surface area contributed by atoms with Gasteiger partial charge >= 0.3 is 0 Å². The lowest BCUT2D eigenvalue weighted by molar-refractivity contribution is -0.119. The molecule has 1 aromatic carbocycles. The number of carbonyl (C=O) groups is 1. The largest absolute Gasteiger partial charge is 0.493 e. The van der Waals surface area contributed by atoms with E-state index in [0.29, 0.717) is 13.0 Å². The van der Waals surface area contributed by atoms with Crippen molar-refractivity contribution < 1.29 is 18.3 Å². The highest BCUT2D eigenvalue weighted by Gasteiger charge is 2.29. The summed E-state index contributed by atoms with van der Waals surface area (Å²) in [7, 11) is -3.03. The first kappa shape index (κ1) is 21.4. The van der Waals surface area contributed by atoms with Gasteiger partial charge in [-0.25, -0.2) is 8.42 Å². The number of likely N-dealkylation sites (N-methyl/N-ethyl adjacent to an activating group) is 1. The lowest BCUT2D eigenvalue weighted by atomic mass is 10.1. The number of azo groups is 1. The maximum atomic E-state index is 12.2. The molecule has 1 aliphatic heterocycles. The molecular formula is C20H28N4O4S. The highest BCUT2D eigenvalue weighted by atomic mass is 32.2. The van der Waals surface area contributed by atoms with Crippen molar-refractivity contribution in [3.05, 3.63) is 24.3 Å². The summed E-state index contributed by atoms with van der Waals surface area (Å²) in [5, 5.41) is 19.3. The summed E-state index contributed by atoms with van der Waals surface area (Å²) in [6.07, 6.45) is 0.545. The van der Waals surface area contributed by atoms with Gasteiger partial charge < -0.3 is 14.6 Å². The van der Waals surface area contributed by atoms with Crippen LogP contribution in [0.15, 0.2) is 34.5 Å². The van der Waals surface area contributed by atoms with E-state index >= 15 is 0 Å². The lowest BCUT2D eigenvalue weighted by Crippen LogP contribution is -2.26. The molecule has 8 nitrogen and oxygen atoms in total. The number of sulfone groups is 1. The minimum atomic E-state index is -3.03. The van der Waals surface area contributed by atoms with Gasteiger partial charge in [0.25, 0.3) is 5.91 Å². The molecule has 0 spiro atoms. The lowest BCUT2D eigenvalue weighted by Gasteiger charge is -2.18. The van der Waals surface area contributed by atoms with Crippen molar-refractivity contribution in [2.75, 3.05) is 31.1 Å². The Balaban J connectivity index is 1.79. The third kappa shape index (κ3) is 5.02. The number of fused-ring (bicyclic) bond motifs is 1. The number of rotatable bonds is 8. The minimum absolute atomic E-state index is 0.0154. The summed E-state index contributed by atoms with van der Waals surface area (Å²) < 4.78 is 24.9. The molecule has 1 aliphatic rings. The molecule has 9 heteroatoms. The van der Waals surface area contributed by atoms with Crippen LogP contribution in [-0.2, 0) is 21.2 Å². The number of nitrogens with zero attached hydrogens (tertiary/aromatic N) is 4. The Kier molecular flexibility index (Phi) is 6.69. The average Bonchev–Trinajstić information content (AvgIpc) is 3.17. The Labute approximate surface area is 171 Å². The molecule has 1 amide bonds. The Morgan fingerprint density at radius 3 is 2.66 bits per heavy atom. The summed E-state index contributed by atoms with van der Waals surface area (Å²) in [6.45, 7) is 7.42. The van der Waals surface area contributed by atoms with Gasteiger partial charge in [0, 0.05) is 24.9 Å². The standard InChI is InChI=1S/C20H28N4O4S/c1-3-23(4-2)10-11-24-17-8-6-5-7-16(17)19(20(24)26)22-21-18(25)13-15-9-12-29(27,28)14-15/h5-8,15,26H,3-4,9-14H2,1-2H3/t15-/m1/s1. The van der Waals surface area contributed by atoms with Crippen LogP contribution >= 0.6 is 0 Å². The Bertz CT molecular complexity index is 1010. The number of aromatic nitrogens is 1. The normalized spacial score (nSPS) is 18.9. The van der Waals surface area contributed by atoms with Crippen LogP contribution in [0.2, 0.25) is 0 Å². The van der Waals surface area contributed by atoms with Crippen molar-refractivity contribution in [1.29, 1.82) is 0 Å². The number of benzene rings is 1. The minimum Gasteiger partial charge on any atom is -0.493 e. The van der Waals surface area contributed by atoms with Crippen molar-refractivity contribution in [3.63, 3.8) is 0 Å². The van der Waals surface area contributed by atoms with E-state index in [1.807, 2.05) is 24.3 Å². The van der Waals surface area contributed by atoms with E-state index in [1.54, 1.807) is 4.57 Å². The molecular weight excluding hydrogens is 392 g/mol. The fourth-order valence-electron chi connectivity index (χ4n) is 3.80. The fourth-order valence-corrected chi connectivity index (χ4v) is 5.67. The van der Waals surface area contributed by atoms with E-state index in [-0.39, 0.29) is 35.4 Å². The van der Waals surface area contributed by atoms with Crippen molar-refractivity contribution in [1.82, 2.24) is 9.47 Å². The van der Waals surface area contributed by atoms with Gasteiger partial charge in [0.15, 0.2) is 15.5 Å². The molecule has 0 radical (unpaired) electrons. The van der Waals surface area contributed by atoms with Gasteiger partial charge in [-0.3, -0.25) is 4.79 Å². The van der Waals surface area contributed by atoms with Gasteiger partial charge in [0.2, 0.25) is 5.88 Å². The van der Waals surface area contributed by atoms with Gasteiger partial charge in [-0.05, 0) is 31.5 Å². The monoisotopic (exact) mass is 420 g/mol. The predicted octanol–water partition coefficient (Wildman–Crippen LogP) is 3.12.